The number of benzene rings is 1. The van der Waals surface area contributed by atoms with Crippen LogP contribution in [0.1, 0.15) is 26.3 Å². The van der Waals surface area contributed by atoms with Crippen LogP contribution in [0.15, 0.2) is 24.3 Å². The van der Waals surface area contributed by atoms with Crippen LogP contribution >= 0.6 is 0 Å². The fourth-order valence-electron chi connectivity index (χ4n) is 2.74. The highest BCUT2D eigenvalue weighted by molar-refractivity contribution is 5.32. The maximum atomic E-state index is 5.89. The molecule has 2 rings (SSSR count). The van der Waals surface area contributed by atoms with Crippen molar-refractivity contribution in [2.45, 2.75) is 32.9 Å². The summed E-state index contributed by atoms with van der Waals surface area (Å²) >= 11 is 0. The van der Waals surface area contributed by atoms with E-state index in [1.807, 2.05) is 24.3 Å². The Balaban J connectivity index is 1.73. The Hall–Kier alpha value is -1.10. The summed E-state index contributed by atoms with van der Waals surface area (Å²) in [6, 6.07) is 8.02. The van der Waals surface area contributed by atoms with Crippen LogP contribution in [0.5, 0.6) is 5.75 Å². The maximum Gasteiger partial charge on any atom is 0.123 e. The van der Waals surface area contributed by atoms with Gasteiger partial charge in [0.25, 0.3) is 0 Å². The standard InChI is InChI=1S/C17H29N3O/c1-17(2,3)20-10-8-19(9-11-20)12-13-21-16-7-5-4-6-15(16)14-18/h4-7H,8-14,18H2,1-3H3. The second-order valence-corrected chi connectivity index (χ2v) is 6.66. The van der Waals surface area contributed by atoms with Gasteiger partial charge >= 0.3 is 0 Å². The molecule has 1 saturated heterocycles. The zero-order chi connectivity index (χ0) is 15.3. The lowest BCUT2D eigenvalue weighted by Crippen LogP contribution is -2.53. The van der Waals surface area contributed by atoms with Crippen LogP contribution in [0.2, 0.25) is 0 Å². The number of para-hydroxylation sites is 1. The van der Waals surface area contributed by atoms with Crippen LogP contribution in [0.3, 0.4) is 0 Å². The highest BCUT2D eigenvalue weighted by Gasteiger charge is 2.25. The molecule has 1 aliphatic rings. The smallest absolute Gasteiger partial charge is 0.123 e. The van der Waals surface area contributed by atoms with Gasteiger partial charge in [-0.1, -0.05) is 18.2 Å². The van der Waals surface area contributed by atoms with Gasteiger partial charge in [-0.25, -0.2) is 0 Å². The third-order valence-corrected chi connectivity index (χ3v) is 4.18. The van der Waals surface area contributed by atoms with Crippen LogP contribution in [-0.2, 0) is 6.54 Å². The Labute approximate surface area is 128 Å². The summed E-state index contributed by atoms with van der Waals surface area (Å²) in [5, 5.41) is 0. The van der Waals surface area contributed by atoms with E-state index in [0.717, 1.165) is 50.6 Å². The number of piperazine rings is 1. The molecule has 0 bridgehead atoms. The molecule has 21 heavy (non-hydrogen) atoms. The first-order chi connectivity index (χ1) is 10.0. The molecule has 0 radical (unpaired) electrons. The van der Waals surface area contributed by atoms with E-state index in [4.69, 9.17) is 10.5 Å². The van der Waals surface area contributed by atoms with Crippen LogP contribution < -0.4 is 10.5 Å². The van der Waals surface area contributed by atoms with Crippen LogP contribution in [0.4, 0.5) is 0 Å². The molecule has 0 aromatic heterocycles. The van der Waals surface area contributed by atoms with E-state index in [0.29, 0.717) is 6.54 Å². The third-order valence-electron chi connectivity index (χ3n) is 4.18. The fraction of sp³-hybridized carbons (Fsp3) is 0.647. The van der Waals surface area contributed by atoms with Crippen molar-refractivity contribution in [3.05, 3.63) is 29.8 Å². The summed E-state index contributed by atoms with van der Waals surface area (Å²) in [4.78, 5) is 5.03. The lowest BCUT2D eigenvalue weighted by atomic mass is 10.1. The minimum atomic E-state index is 0.280. The molecule has 1 aromatic rings. The van der Waals surface area contributed by atoms with E-state index in [9.17, 15) is 0 Å². The molecule has 0 amide bonds. The highest BCUT2D eigenvalue weighted by Crippen LogP contribution is 2.18. The van der Waals surface area contributed by atoms with Gasteiger partial charge in [-0.3, -0.25) is 9.80 Å². The van der Waals surface area contributed by atoms with Crippen LogP contribution in [0, 0.1) is 0 Å². The predicted molar refractivity (Wildman–Crippen MR) is 87.6 cm³/mol. The zero-order valence-corrected chi connectivity index (χ0v) is 13.6. The zero-order valence-electron chi connectivity index (χ0n) is 13.6. The molecule has 0 unspecified atom stereocenters. The van der Waals surface area contributed by atoms with E-state index in [1.54, 1.807) is 0 Å². The second-order valence-electron chi connectivity index (χ2n) is 6.66. The van der Waals surface area contributed by atoms with Crippen LogP contribution in [-0.4, -0.2) is 54.7 Å². The van der Waals surface area contributed by atoms with Crippen molar-refractivity contribution in [2.24, 2.45) is 5.73 Å². The fourth-order valence-corrected chi connectivity index (χ4v) is 2.74. The van der Waals surface area contributed by atoms with Crippen molar-refractivity contribution in [3.8, 4) is 5.75 Å². The van der Waals surface area contributed by atoms with Gasteiger partial charge in [-0.15, -0.1) is 0 Å². The third kappa shape index (κ3) is 4.70. The Morgan fingerprint density at radius 2 is 1.76 bits per heavy atom. The summed E-state index contributed by atoms with van der Waals surface area (Å²) in [6.45, 7) is 13.6. The summed E-state index contributed by atoms with van der Waals surface area (Å²) in [6.07, 6.45) is 0. The van der Waals surface area contributed by atoms with Crippen molar-refractivity contribution < 1.29 is 4.74 Å². The van der Waals surface area contributed by atoms with E-state index in [1.165, 1.54) is 0 Å². The maximum absolute atomic E-state index is 5.89. The van der Waals surface area contributed by atoms with Crippen molar-refractivity contribution in [3.63, 3.8) is 0 Å². The summed E-state index contributed by atoms with van der Waals surface area (Å²) < 4.78 is 5.89. The molecule has 118 valence electrons. The Morgan fingerprint density at radius 3 is 2.38 bits per heavy atom. The van der Waals surface area contributed by atoms with E-state index < -0.39 is 0 Å². The number of ether oxygens (including phenoxy) is 1. The van der Waals surface area contributed by atoms with Gasteiger partial charge in [0.2, 0.25) is 0 Å². The number of hydrogen-bond donors (Lipinski definition) is 1. The van der Waals surface area contributed by atoms with Crippen molar-refractivity contribution >= 4 is 0 Å². The van der Waals surface area contributed by atoms with E-state index in [-0.39, 0.29) is 5.54 Å². The van der Waals surface area contributed by atoms with Gasteiger partial charge in [0.05, 0.1) is 0 Å². The Morgan fingerprint density at radius 1 is 1.10 bits per heavy atom. The Kier molecular flexibility index (Phi) is 5.62. The molecule has 0 atom stereocenters. The predicted octanol–water partition coefficient (Wildman–Crippen LogP) is 1.94. The normalized spacial score (nSPS) is 17.9. The minimum Gasteiger partial charge on any atom is -0.492 e. The topological polar surface area (TPSA) is 41.7 Å². The monoisotopic (exact) mass is 291 g/mol. The molecule has 1 heterocycles. The van der Waals surface area contributed by atoms with Crippen molar-refractivity contribution in [1.82, 2.24) is 9.80 Å². The second kappa shape index (κ2) is 7.25. The first-order valence-electron chi connectivity index (χ1n) is 7.89. The highest BCUT2D eigenvalue weighted by atomic mass is 16.5. The minimum absolute atomic E-state index is 0.280. The molecular formula is C17H29N3O. The number of nitrogens with two attached hydrogens (primary N) is 1. The van der Waals surface area contributed by atoms with Crippen LogP contribution in [0.25, 0.3) is 0 Å². The molecule has 0 spiro atoms. The lowest BCUT2D eigenvalue weighted by Gasteiger charge is -2.42. The molecule has 1 aliphatic heterocycles. The molecule has 0 saturated carbocycles. The Bertz CT molecular complexity index is 434. The SMILES string of the molecule is CC(C)(C)N1CCN(CCOc2ccccc2CN)CC1. The van der Waals surface area contributed by atoms with Gasteiger partial charge in [-0.2, -0.15) is 0 Å². The average Bonchev–Trinajstić information content (AvgIpc) is 2.47. The van der Waals surface area contributed by atoms with E-state index in [2.05, 4.69) is 30.6 Å². The quantitative estimate of drug-likeness (QED) is 0.900. The summed E-state index contributed by atoms with van der Waals surface area (Å²) in [5.41, 5.74) is 7.08. The summed E-state index contributed by atoms with van der Waals surface area (Å²) in [5.74, 6) is 0.924. The number of nitrogens with zero attached hydrogens (tertiary/aromatic N) is 2. The molecule has 1 fully saturated rings. The first kappa shape index (κ1) is 16.3. The lowest BCUT2D eigenvalue weighted by molar-refractivity contribution is 0.0564. The summed E-state index contributed by atoms with van der Waals surface area (Å²) in [7, 11) is 0. The van der Waals surface area contributed by atoms with Gasteiger partial charge in [0, 0.05) is 50.4 Å². The van der Waals surface area contributed by atoms with E-state index >= 15 is 0 Å². The first-order valence-corrected chi connectivity index (χ1v) is 7.89. The molecule has 1 aromatic carbocycles. The molecule has 0 aliphatic carbocycles. The molecule has 4 heteroatoms. The van der Waals surface area contributed by atoms with Gasteiger partial charge in [-0.05, 0) is 26.8 Å². The molecular weight excluding hydrogens is 262 g/mol. The van der Waals surface area contributed by atoms with Gasteiger partial charge in [0.1, 0.15) is 12.4 Å². The van der Waals surface area contributed by atoms with Crippen molar-refractivity contribution in [2.75, 3.05) is 39.3 Å². The van der Waals surface area contributed by atoms with Gasteiger partial charge < -0.3 is 10.5 Å². The number of hydrogen-bond acceptors (Lipinski definition) is 4. The molecule has 2 N–H and O–H groups in total. The van der Waals surface area contributed by atoms with Gasteiger partial charge in [0.15, 0.2) is 0 Å². The average molecular weight is 291 g/mol. The largest absolute Gasteiger partial charge is 0.492 e. The molecule has 4 nitrogen and oxygen atoms in total. The van der Waals surface area contributed by atoms with Crippen molar-refractivity contribution in [1.29, 1.82) is 0 Å². The number of rotatable bonds is 5.